The Bertz CT molecular complexity index is 514. The molecule has 0 radical (unpaired) electrons. The van der Waals surface area contributed by atoms with E-state index in [9.17, 15) is 0 Å². The Balaban J connectivity index is 2.19. The van der Waals surface area contributed by atoms with Crippen LogP contribution in [0.4, 0.5) is 11.5 Å². The number of benzene rings is 1. The first kappa shape index (κ1) is 12.7. The topological polar surface area (TPSA) is 24.9 Å². The Morgan fingerprint density at radius 2 is 1.94 bits per heavy atom. The highest BCUT2D eigenvalue weighted by Crippen LogP contribution is 2.26. The minimum absolute atomic E-state index is 0.517. The standard InChI is InChI=1S/C12H9BrCl2N2/c13-11-5-9(15)7-16-12(11)17-10-3-1-8(6-14)2-4-10/h1-5,7H,6H2,(H,16,17). The van der Waals surface area contributed by atoms with Gasteiger partial charge in [-0.3, -0.25) is 0 Å². The Labute approximate surface area is 118 Å². The van der Waals surface area contributed by atoms with Crippen molar-refractivity contribution < 1.29 is 0 Å². The number of nitrogens with zero attached hydrogens (tertiary/aromatic N) is 1. The third-order valence-corrected chi connectivity index (χ3v) is 3.30. The predicted molar refractivity (Wildman–Crippen MR) is 76.2 cm³/mol. The van der Waals surface area contributed by atoms with Crippen LogP contribution in [0.5, 0.6) is 0 Å². The maximum absolute atomic E-state index is 5.82. The average molecular weight is 332 g/mol. The lowest BCUT2D eigenvalue weighted by molar-refractivity contribution is 1.29. The van der Waals surface area contributed by atoms with Crippen molar-refractivity contribution in [3.8, 4) is 0 Å². The fourth-order valence-corrected chi connectivity index (χ4v) is 2.24. The molecule has 1 aromatic carbocycles. The van der Waals surface area contributed by atoms with Gasteiger partial charge in [-0.25, -0.2) is 4.98 Å². The molecule has 0 bridgehead atoms. The van der Waals surface area contributed by atoms with E-state index in [0.29, 0.717) is 10.9 Å². The van der Waals surface area contributed by atoms with E-state index in [1.807, 2.05) is 24.3 Å². The van der Waals surface area contributed by atoms with Gasteiger partial charge in [0.15, 0.2) is 0 Å². The molecular formula is C12H9BrCl2N2. The van der Waals surface area contributed by atoms with Crippen molar-refractivity contribution >= 4 is 50.6 Å². The monoisotopic (exact) mass is 330 g/mol. The fourth-order valence-electron chi connectivity index (χ4n) is 1.32. The summed E-state index contributed by atoms with van der Waals surface area (Å²) in [5.74, 6) is 1.25. The molecule has 2 nitrogen and oxygen atoms in total. The lowest BCUT2D eigenvalue weighted by Gasteiger charge is -2.08. The van der Waals surface area contributed by atoms with Gasteiger partial charge in [0.1, 0.15) is 5.82 Å². The van der Waals surface area contributed by atoms with E-state index in [1.165, 1.54) is 0 Å². The van der Waals surface area contributed by atoms with Crippen molar-refractivity contribution in [1.82, 2.24) is 4.98 Å². The Morgan fingerprint density at radius 1 is 1.24 bits per heavy atom. The highest BCUT2D eigenvalue weighted by atomic mass is 79.9. The molecule has 0 aliphatic carbocycles. The number of anilines is 2. The molecule has 17 heavy (non-hydrogen) atoms. The summed E-state index contributed by atoms with van der Waals surface area (Å²) in [7, 11) is 0. The van der Waals surface area contributed by atoms with Crippen molar-refractivity contribution in [2.75, 3.05) is 5.32 Å². The van der Waals surface area contributed by atoms with E-state index in [-0.39, 0.29) is 0 Å². The zero-order chi connectivity index (χ0) is 12.3. The van der Waals surface area contributed by atoms with Gasteiger partial charge in [0.25, 0.3) is 0 Å². The maximum Gasteiger partial charge on any atom is 0.144 e. The molecule has 1 heterocycles. The number of aromatic nitrogens is 1. The minimum Gasteiger partial charge on any atom is -0.339 e. The van der Waals surface area contributed by atoms with Crippen molar-refractivity contribution in [3.05, 3.63) is 51.6 Å². The van der Waals surface area contributed by atoms with Gasteiger partial charge >= 0.3 is 0 Å². The van der Waals surface area contributed by atoms with Crippen LogP contribution in [0.15, 0.2) is 41.0 Å². The van der Waals surface area contributed by atoms with E-state index < -0.39 is 0 Å². The van der Waals surface area contributed by atoms with Crippen molar-refractivity contribution in [2.24, 2.45) is 0 Å². The second-order valence-electron chi connectivity index (χ2n) is 3.44. The van der Waals surface area contributed by atoms with E-state index in [1.54, 1.807) is 12.3 Å². The molecule has 0 saturated heterocycles. The molecular weight excluding hydrogens is 323 g/mol. The minimum atomic E-state index is 0.517. The number of hydrogen-bond donors (Lipinski definition) is 1. The van der Waals surface area contributed by atoms with Crippen LogP contribution in [0.2, 0.25) is 5.02 Å². The van der Waals surface area contributed by atoms with Crippen LogP contribution in [-0.4, -0.2) is 4.98 Å². The quantitative estimate of drug-likeness (QED) is 0.802. The summed E-state index contributed by atoms with van der Waals surface area (Å²) in [6, 6.07) is 9.66. The van der Waals surface area contributed by atoms with Gasteiger partial charge in [-0.2, -0.15) is 0 Å². The third-order valence-electron chi connectivity index (χ3n) is 2.18. The number of rotatable bonds is 3. The van der Waals surface area contributed by atoms with Crippen LogP contribution >= 0.6 is 39.1 Å². The number of hydrogen-bond acceptors (Lipinski definition) is 2. The van der Waals surface area contributed by atoms with Crippen LogP contribution in [0.1, 0.15) is 5.56 Å². The Hall–Kier alpha value is -0.770. The first-order valence-corrected chi connectivity index (χ1v) is 6.62. The molecule has 2 aromatic rings. The normalized spacial score (nSPS) is 10.3. The van der Waals surface area contributed by atoms with Crippen molar-refractivity contribution in [2.45, 2.75) is 5.88 Å². The molecule has 0 saturated carbocycles. The zero-order valence-corrected chi connectivity index (χ0v) is 11.9. The molecule has 0 spiro atoms. The van der Waals surface area contributed by atoms with Crippen LogP contribution in [0.25, 0.3) is 0 Å². The summed E-state index contributed by atoms with van der Waals surface area (Å²) in [5, 5.41) is 3.79. The summed E-state index contributed by atoms with van der Waals surface area (Å²) in [5.41, 5.74) is 2.04. The second-order valence-corrected chi connectivity index (χ2v) is 5.00. The molecule has 0 amide bonds. The smallest absolute Gasteiger partial charge is 0.144 e. The second kappa shape index (κ2) is 5.71. The first-order chi connectivity index (χ1) is 8.19. The van der Waals surface area contributed by atoms with E-state index in [4.69, 9.17) is 23.2 Å². The number of pyridine rings is 1. The molecule has 5 heteroatoms. The number of halogens is 3. The summed E-state index contributed by atoms with van der Waals surface area (Å²) >= 11 is 15.0. The van der Waals surface area contributed by atoms with Crippen LogP contribution in [-0.2, 0) is 5.88 Å². The molecule has 2 rings (SSSR count). The lowest BCUT2D eigenvalue weighted by atomic mass is 10.2. The molecule has 88 valence electrons. The lowest BCUT2D eigenvalue weighted by Crippen LogP contribution is -1.94. The predicted octanol–water partition coefficient (Wildman–Crippen LogP) is 4.98. The van der Waals surface area contributed by atoms with Gasteiger partial charge in [0.2, 0.25) is 0 Å². The average Bonchev–Trinajstić information content (AvgIpc) is 2.34. The van der Waals surface area contributed by atoms with E-state index >= 15 is 0 Å². The third kappa shape index (κ3) is 3.35. The summed E-state index contributed by atoms with van der Waals surface area (Å²) in [6.45, 7) is 0. The van der Waals surface area contributed by atoms with Gasteiger partial charge in [-0.05, 0) is 39.7 Å². The molecule has 0 aliphatic rings. The highest BCUT2D eigenvalue weighted by molar-refractivity contribution is 9.10. The van der Waals surface area contributed by atoms with Crippen LogP contribution < -0.4 is 5.32 Å². The van der Waals surface area contributed by atoms with Crippen LogP contribution in [0.3, 0.4) is 0 Å². The van der Waals surface area contributed by atoms with Gasteiger partial charge < -0.3 is 5.32 Å². The molecule has 1 aromatic heterocycles. The molecule has 0 fully saturated rings. The molecule has 0 atom stereocenters. The SMILES string of the molecule is ClCc1ccc(Nc2ncc(Cl)cc2Br)cc1. The summed E-state index contributed by atoms with van der Waals surface area (Å²) in [4.78, 5) is 4.20. The van der Waals surface area contributed by atoms with Gasteiger partial charge in [0.05, 0.1) is 9.50 Å². The molecule has 0 aliphatic heterocycles. The van der Waals surface area contributed by atoms with Gasteiger partial charge in [0, 0.05) is 17.8 Å². The number of nitrogens with one attached hydrogen (secondary N) is 1. The number of alkyl halides is 1. The van der Waals surface area contributed by atoms with Crippen molar-refractivity contribution in [1.29, 1.82) is 0 Å². The van der Waals surface area contributed by atoms with E-state index in [0.717, 1.165) is 21.5 Å². The molecule has 0 unspecified atom stereocenters. The zero-order valence-electron chi connectivity index (χ0n) is 8.75. The van der Waals surface area contributed by atoms with Gasteiger partial charge in [-0.15, -0.1) is 11.6 Å². The Kier molecular flexibility index (Phi) is 4.26. The van der Waals surface area contributed by atoms with Crippen molar-refractivity contribution in [3.63, 3.8) is 0 Å². The van der Waals surface area contributed by atoms with E-state index in [2.05, 4.69) is 26.2 Å². The molecule has 1 N–H and O–H groups in total. The Morgan fingerprint density at radius 3 is 2.53 bits per heavy atom. The fraction of sp³-hybridized carbons (Fsp3) is 0.0833. The first-order valence-electron chi connectivity index (χ1n) is 4.92. The summed E-state index contributed by atoms with van der Waals surface area (Å²) in [6.07, 6.45) is 1.60. The maximum atomic E-state index is 5.82. The van der Waals surface area contributed by atoms with Gasteiger partial charge in [-0.1, -0.05) is 23.7 Å². The van der Waals surface area contributed by atoms with Crippen LogP contribution in [0, 0.1) is 0 Å². The largest absolute Gasteiger partial charge is 0.339 e. The highest BCUT2D eigenvalue weighted by Gasteiger charge is 2.02. The summed E-state index contributed by atoms with van der Waals surface area (Å²) < 4.78 is 0.825.